The number of hydrogen-bond acceptors (Lipinski definition) is 2. The molecule has 0 radical (unpaired) electrons. The number of hydrogen-bond donors (Lipinski definition) is 1. The number of aliphatic carboxylic acids is 1. The highest BCUT2D eigenvalue weighted by molar-refractivity contribution is 5.77. The lowest BCUT2D eigenvalue weighted by Gasteiger charge is -2.25. The molecule has 1 unspecified atom stereocenters. The minimum atomic E-state index is -0.801. The van der Waals surface area contributed by atoms with Crippen molar-refractivity contribution in [1.82, 2.24) is 9.80 Å². The molecule has 5 nitrogen and oxygen atoms in total. The Kier molecular flexibility index (Phi) is 4.78. The summed E-state index contributed by atoms with van der Waals surface area (Å²) in [4.78, 5) is 26.1. The van der Waals surface area contributed by atoms with Gasteiger partial charge in [0.25, 0.3) is 0 Å². The maximum atomic E-state index is 12.0. The first-order chi connectivity index (χ1) is 7.91. The third-order valence-corrected chi connectivity index (χ3v) is 3.18. The van der Waals surface area contributed by atoms with Gasteiger partial charge in [-0.3, -0.25) is 4.79 Å². The molecule has 1 saturated heterocycles. The molecule has 0 aromatic rings. The third kappa shape index (κ3) is 3.91. The number of nitrogens with zero attached hydrogens (tertiary/aromatic N) is 2. The fourth-order valence-electron chi connectivity index (χ4n) is 1.92. The van der Waals surface area contributed by atoms with Gasteiger partial charge >= 0.3 is 12.0 Å². The smallest absolute Gasteiger partial charge is 0.319 e. The zero-order valence-electron chi connectivity index (χ0n) is 10.8. The number of rotatable bonds is 4. The topological polar surface area (TPSA) is 60.9 Å². The minimum Gasteiger partial charge on any atom is -0.481 e. The second-order valence-electron chi connectivity index (χ2n) is 5.16. The molecule has 0 spiro atoms. The number of carbonyl (C=O) groups is 2. The van der Waals surface area contributed by atoms with Crippen molar-refractivity contribution in [3.05, 3.63) is 0 Å². The van der Waals surface area contributed by atoms with Crippen LogP contribution in [0.25, 0.3) is 0 Å². The Morgan fingerprint density at radius 3 is 2.59 bits per heavy atom. The SMILES string of the molecule is CC(C)CCN(C)C(=O)N1CCC(C(=O)O)C1. The molecular formula is C12H22N2O3. The Bertz CT molecular complexity index is 291. The summed E-state index contributed by atoms with van der Waals surface area (Å²) in [6.45, 7) is 5.87. The second kappa shape index (κ2) is 5.89. The van der Waals surface area contributed by atoms with Gasteiger partial charge in [-0.2, -0.15) is 0 Å². The molecule has 1 fully saturated rings. The third-order valence-electron chi connectivity index (χ3n) is 3.18. The summed E-state index contributed by atoms with van der Waals surface area (Å²) in [5, 5.41) is 8.88. The largest absolute Gasteiger partial charge is 0.481 e. The van der Waals surface area contributed by atoms with E-state index in [9.17, 15) is 9.59 Å². The van der Waals surface area contributed by atoms with Gasteiger partial charge in [-0.25, -0.2) is 4.79 Å². The summed E-state index contributed by atoms with van der Waals surface area (Å²) in [5.41, 5.74) is 0. The fourth-order valence-corrected chi connectivity index (χ4v) is 1.92. The lowest BCUT2D eigenvalue weighted by molar-refractivity contribution is -0.141. The van der Waals surface area contributed by atoms with Crippen LogP contribution in [-0.2, 0) is 4.79 Å². The van der Waals surface area contributed by atoms with Crippen LogP contribution in [0.3, 0.4) is 0 Å². The van der Waals surface area contributed by atoms with E-state index in [1.807, 2.05) is 0 Å². The van der Waals surface area contributed by atoms with Crippen LogP contribution in [0.4, 0.5) is 4.79 Å². The molecule has 17 heavy (non-hydrogen) atoms. The molecule has 0 aromatic carbocycles. The molecule has 1 N–H and O–H groups in total. The van der Waals surface area contributed by atoms with E-state index in [1.54, 1.807) is 16.8 Å². The van der Waals surface area contributed by atoms with Crippen LogP contribution in [0.1, 0.15) is 26.7 Å². The average molecular weight is 242 g/mol. The molecule has 5 heteroatoms. The zero-order valence-corrected chi connectivity index (χ0v) is 10.8. The quantitative estimate of drug-likeness (QED) is 0.812. The van der Waals surface area contributed by atoms with Crippen molar-refractivity contribution in [3.63, 3.8) is 0 Å². The van der Waals surface area contributed by atoms with Gasteiger partial charge in [-0.05, 0) is 18.8 Å². The van der Waals surface area contributed by atoms with Gasteiger partial charge in [0, 0.05) is 26.7 Å². The van der Waals surface area contributed by atoms with Gasteiger partial charge in [0.05, 0.1) is 5.92 Å². The monoisotopic (exact) mass is 242 g/mol. The average Bonchev–Trinajstić information content (AvgIpc) is 2.73. The first-order valence-corrected chi connectivity index (χ1v) is 6.14. The molecule has 1 aliphatic rings. The summed E-state index contributed by atoms with van der Waals surface area (Å²) in [6, 6.07) is -0.0469. The van der Waals surface area contributed by atoms with Crippen molar-refractivity contribution in [2.75, 3.05) is 26.7 Å². The highest BCUT2D eigenvalue weighted by Crippen LogP contribution is 2.17. The van der Waals surface area contributed by atoms with Gasteiger partial charge in [0.1, 0.15) is 0 Å². The lowest BCUT2D eigenvalue weighted by Crippen LogP contribution is -2.40. The number of urea groups is 1. The second-order valence-corrected chi connectivity index (χ2v) is 5.16. The maximum absolute atomic E-state index is 12.0. The van der Waals surface area contributed by atoms with E-state index in [2.05, 4.69) is 13.8 Å². The maximum Gasteiger partial charge on any atom is 0.319 e. The predicted octanol–water partition coefficient (Wildman–Crippen LogP) is 1.49. The number of amides is 2. The van der Waals surface area contributed by atoms with Crippen LogP contribution < -0.4 is 0 Å². The van der Waals surface area contributed by atoms with Crippen molar-refractivity contribution in [2.45, 2.75) is 26.7 Å². The Labute approximate surface area is 102 Å². The van der Waals surface area contributed by atoms with E-state index in [4.69, 9.17) is 5.11 Å². The van der Waals surface area contributed by atoms with Gasteiger partial charge in [0.15, 0.2) is 0 Å². The Morgan fingerprint density at radius 2 is 2.12 bits per heavy atom. The van der Waals surface area contributed by atoms with Crippen molar-refractivity contribution >= 4 is 12.0 Å². The van der Waals surface area contributed by atoms with Crippen LogP contribution >= 0.6 is 0 Å². The van der Waals surface area contributed by atoms with E-state index in [-0.39, 0.29) is 6.03 Å². The molecule has 1 rings (SSSR count). The van der Waals surface area contributed by atoms with Gasteiger partial charge in [-0.15, -0.1) is 0 Å². The van der Waals surface area contributed by atoms with E-state index in [0.717, 1.165) is 13.0 Å². The van der Waals surface area contributed by atoms with Crippen LogP contribution in [-0.4, -0.2) is 53.6 Å². The predicted molar refractivity (Wildman–Crippen MR) is 64.8 cm³/mol. The van der Waals surface area contributed by atoms with Crippen LogP contribution in [0.15, 0.2) is 0 Å². The fraction of sp³-hybridized carbons (Fsp3) is 0.833. The first kappa shape index (κ1) is 13.8. The molecule has 1 heterocycles. The van der Waals surface area contributed by atoms with Crippen LogP contribution in [0, 0.1) is 11.8 Å². The summed E-state index contributed by atoms with van der Waals surface area (Å²) >= 11 is 0. The molecule has 0 bridgehead atoms. The number of likely N-dealkylation sites (tertiary alicyclic amines) is 1. The van der Waals surface area contributed by atoms with Crippen molar-refractivity contribution in [3.8, 4) is 0 Å². The lowest BCUT2D eigenvalue weighted by atomic mass is 10.1. The molecule has 0 aromatic heterocycles. The molecule has 1 atom stereocenters. The number of carboxylic acid groups (broad SMARTS) is 1. The highest BCUT2D eigenvalue weighted by Gasteiger charge is 2.31. The molecule has 98 valence electrons. The molecule has 0 saturated carbocycles. The van der Waals surface area contributed by atoms with Gasteiger partial charge < -0.3 is 14.9 Å². The molecule has 2 amide bonds. The van der Waals surface area contributed by atoms with E-state index in [1.165, 1.54) is 0 Å². The Balaban J connectivity index is 2.40. The molecule has 1 aliphatic heterocycles. The van der Waals surface area contributed by atoms with Crippen molar-refractivity contribution in [2.24, 2.45) is 11.8 Å². The van der Waals surface area contributed by atoms with E-state index >= 15 is 0 Å². The molecular weight excluding hydrogens is 220 g/mol. The van der Waals surface area contributed by atoms with E-state index in [0.29, 0.717) is 25.4 Å². The number of carboxylic acids is 1. The van der Waals surface area contributed by atoms with Crippen molar-refractivity contribution < 1.29 is 14.7 Å². The standard InChI is InChI=1S/C12H22N2O3/c1-9(2)4-6-13(3)12(17)14-7-5-10(8-14)11(15)16/h9-10H,4-8H2,1-3H3,(H,15,16). The van der Waals surface area contributed by atoms with Gasteiger partial charge in [-0.1, -0.05) is 13.8 Å². The number of carbonyl (C=O) groups excluding carboxylic acids is 1. The zero-order chi connectivity index (χ0) is 13.0. The van der Waals surface area contributed by atoms with Crippen molar-refractivity contribution in [1.29, 1.82) is 0 Å². The summed E-state index contributed by atoms with van der Waals surface area (Å²) in [7, 11) is 1.78. The Hall–Kier alpha value is -1.26. The summed E-state index contributed by atoms with van der Waals surface area (Å²) < 4.78 is 0. The molecule has 0 aliphatic carbocycles. The Morgan fingerprint density at radius 1 is 1.47 bits per heavy atom. The van der Waals surface area contributed by atoms with Crippen LogP contribution in [0.2, 0.25) is 0 Å². The normalized spacial score (nSPS) is 19.8. The highest BCUT2D eigenvalue weighted by atomic mass is 16.4. The first-order valence-electron chi connectivity index (χ1n) is 6.14. The summed E-state index contributed by atoms with van der Waals surface area (Å²) in [5.74, 6) is -0.627. The minimum absolute atomic E-state index is 0.0469. The summed E-state index contributed by atoms with van der Waals surface area (Å²) in [6.07, 6.45) is 1.54. The van der Waals surface area contributed by atoms with E-state index < -0.39 is 11.9 Å². The van der Waals surface area contributed by atoms with Crippen LogP contribution in [0.5, 0.6) is 0 Å². The van der Waals surface area contributed by atoms with Gasteiger partial charge in [0.2, 0.25) is 0 Å².